The van der Waals surface area contributed by atoms with Crippen LogP contribution in [0.2, 0.25) is 0 Å². The molecule has 0 spiro atoms. The average molecular weight is 650 g/mol. The topological polar surface area (TPSA) is 78.9 Å². The van der Waals surface area contributed by atoms with Crippen molar-refractivity contribution >= 4 is 44.8 Å². The monoisotopic (exact) mass is 649 g/mol. The van der Waals surface area contributed by atoms with Crippen molar-refractivity contribution < 1.29 is 17.9 Å². The first-order valence-corrected chi connectivity index (χ1v) is 17.7. The van der Waals surface area contributed by atoms with E-state index in [4.69, 9.17) is 4.74 Å². The number of nitrogens with one attached hydrogen (secondary N) is 1. The van der Waals surface area contributed by atoms with E-state index in [0.717, 1.165) is 27.3 Å². The lowest BCUT2D eigenvalue weighted by Gasteiger charge is -2.46. The fourth-order valence-corrected chi connectivity index (χ4v) is 7.13. The molecular weight excluding hydrogens is 615 g/mol. The number of amides is 1. The molecule has 1 atom stereocenters. The predicted octanol–water partition coefficient (Wildman–Crippen LogP) is 8.28. The van der Waals surface area contributed by atoms with Gasteiger partial charge >= 0.3 is 0 Å². The summed E-state index contributed by atoms with van der Waals surface area (Å²) >= 11 is 1.66. The van der Waals surface area contributed by atoms with Crippen LogP contribution < -0.4 is 19.3 Å². The molecule has 234 valence electrons. The third-order valence-corrected chi connectivity index (χ3v) is 10.0. The van der Waals surface area contributed by atoms with Gasteiger partial charge in [0.05, 0.1) is 22.8 Å². The first-order valence-electron chi connectivity index (χ1n) is 15.0. The van der Waals surface area contributed by atoms with Gasteiger partial charge in [0.25, 0.3) is 15.9 Å². The molecule has 1 N–H and O–H groups in total. The van der Waals surface area contributed by atoms with E-state index in [-0.39, 0.29) is 10.8 Å². The molecule has 5 aromatic rings. The highest BCUT2D eigenvalue weighted by Gasteiger charge is 2.40. The molecule has 9 heteroatoms. The summed E-state index contributed by atoms with van der Waals surface area (Å²) in [5.74, 6) is 0.373. The molecule has 5 aromatic carbocycles. The highest BCUT2D eigenvalue weighted by molar-refractivity contribution is 7.98. The van der Waals surface area contributed by atoms with E-state index in [1.165, 1.54) is 6.07 Å². The van der Waals surface area contributed by atoms with Gasteiger partial charge < -0.3 is 9.64 Å². The Morgan fingerprint density at radius 2 is 1.54 bits per heavy atom. The van der Waals surface area contributed by atoms with Crippen LogP contribution in [0, 0.1) is 6.92 Å². The SMILES string of the molecule is CCOc1ccc(NS(=O)(=O)c2ccc3c(c2)C(=O)N(c2ccc(C)cc2)[C@H](c2ccc(SC)cc2)N3Cc2ccccc2)cc1. The van der Waals surface area contributed by atoms with Crippen LogP contribution in [0.1, 0.15) is 40.1 Å². The average Bonchev–Trinajstić information content (AvgIpc) is 3.07. The number of benzene rings is 5. The van der Waals surface area contributed by atoms with Gasteiger partial charge in [0.2, 0.25) is 0 Å². The Morgan fingerprint density at radius 1 is 0.848 bits per heavy atom. The summed E-state index contributed by atoms with van der Waals surface area (Å²) in [6, 6.07) is 37.7. The van der Waals surface area contributed by atoms with Crippen molar-refractivity contribution in [1.29, 1.82) is 0 Å². The highest BCUT2D eigenvalue weighted by atomic mass is 32.2. The summed E-state index contributed by atoms with van der Waals surface area (Å²) < 4.78 is 35.4. The highest BCUT2D eigenvalue weighted by Crippen LogP contribution is 2.43. The van der Waals surface area contributed by atoms with Crippen LogP contribution >= 0.6 is 11.8 Å². The summed E-state index contributed by atoms with van der Waals surface area (Å²) in [5.41, 5.74) is 5.17. The first-order chi connectivity index (χ1) is 22.3. The van der Waals surface area contributed by atoms with E-state index in [2.05, 4.69) is 46.0 Å². The van der Waals surface area contributed by atoms with Crippen LogP contribution in [0.25, 0.3) is 0 Å². The van der Waals surface area contributed by atoms with Crippen LogP contribution in [0.4, 0.5) is 17.1 Å². The zero-order chi connectivity index (χ0) is 32.3. The Kier molecular flexibility index (Phi) is 9.05. The molecule has 1 aliphatic heterocycles. The molecular formula is C37H35N3O4S2. The Bertz CT molecular complexity index is 1930. The van der Waals surface area contributed by atoms with Crippen molar-refractivity contribution in [2.75, 3.05) is 27.4 Å². The summed E-state index contributed by atoms with van der Waals surface area (Å²) in [7, 11) is -4.02. The van der Waals surface area contributed by atoms with Crippen LogP contribution in [0.3, 0.4) is 0 Å². The maximum Gasteiger partial charge on any atom is 0.262 e. The predicted molar refractivity (Wildman–Crippen MR) is 186 cm³/mol. The lowest BCUT2D eigenvalue weighted by Crippen LogP contribution is -2.49. The summed E-state index contributed by atoms with van der Waals surface area (Å²) in [5, 5.41) is 0. The lowest BCUT2D eigenvalue weighted by molar-refractivity contribution is 0.0968. The van der Waals surface area contributed by atoms with E-state index >= 15 is 0 Å². The fraction of sp³-hybridized carbons (Fsp3) is 0.162. The normalized spacial score (nSPS) is 14.6. The number of anilines is 3. The number of carbonyl (C=O) groups excluding carboxylic acids is 1. The van der Waals surface area contributed by atoms with Crippen LogP contribution in [-0.2, 0) is 16.6 Å². The Labute approximate surface area is 274 Å². The minimum atomic E-state index is -4.02. The molecule has 6 rings (SSSR count). The molecule has 0 aliphatic carbocycles. The number of aryl methyl sites for hydroxylation is 1. The van der Waals surface area contributed by atoms with Crippen LogP contribution in [0.5, 0.6) is 5.75 Å². The number of carbonyl (C=O) groups is 1. The molecule has 0 bridgehead atoms. The van der Waals surface area contributed by atoms with Crippen molar-refractivity contribution in [3.8, 4) is 5.75 Å². The molecule has 46 heavy (non-hydrogen) atoms. The largest absolute Gasteiger partial charge is 0.494 e. The van der Waals surface area contributed by atoms with Crippen LogP contribution in [0.15, 0.2) is 131 Å². The van der Waals surface area contributed by atoms with Crippen molar-refractivity contribution in [3.05, 3.63) is 144 Å². The first kappa shape index (κ1) is 31.3. The number of hydrogen-bond acceptors (Lipinski definition) is 6. The number of thioether (sulfide) groups is 1. The second-order valence-corrected chi connectivity index (χ2v) is 13.6. The van der Waals surface area contributed by atoms with Gasteiger partial charge in [-0.25, -0.2) is 8.42 Å². The molecule has 0 unspecified atom stereocenters. The third-order valence-electron chi connectivity index (χ3n) is 7.92. The second-order valence-electron chi connectivity index (χ2n) is 11.0. The molecule has 0 radical (unpaired) electrons. The van der Waals surface area contributed by atoms with Gasteiger partial charge in [-0.3, -0.25) is 14.4 Å². The Balaban J connectivity index is 1.48. The number of nitrogens with zero attached hydrogens (tertiary/aromatic N) is 2. The fourth-order valence-electron chi connectivity index (χ4n) is 5.64. The minimum absolute atomic E-state index is 0.000208. The summed E-state index contributed by atoms with van der Waals surface area (Å²) in [6.07, 6.45) is 1.55. The van der Waals surface area contributed by atoms with Gasteiger partial charge in [-0.1, -0.05) is 60.2 Å². The molecule has 1 heterocycles. The number of ether oxygens (including phenoxy) is 1. The van der Waals surface area contributed by atoms with Crippen LogP contribution in [-0.4, -0.2) is 27.2 Å². The maximum absolute atomic E-state index is 14.6. The summed E-state index contributed by atoms with van der Waals surface area (Å²) in [6.45, 7) is 4.90. The van der Waals surface area contributed by atoms with E-state index in [1.807, 2.05) is 62.6 Å². The molecule has 0 aromatic heterocycles. The Hall–Kier alpha value is -4.73. The molecule has 0 fully saturated rings. The molecule has 1 aliphatic rings. The quantitative estimate of drug-likeness (QED) is 0.154. The molecule has 0 saturated heterocycles. The smallest absolute Gasteiger partial charge is 0.262 e. The maximum atomic E-state index is 14.6. The number of hydrogen-bond donors (Lipinski definition) is 1. The third kappa shape index (κ3) is 6.47. The molecule has 0 saturated carbocycles. The standard InChI is InChI=1S/C37H35N3O4S2/c1-4-44-31-18-14-29(15-19-31)38-46(42,43)33-22-23-35-34(24-33)37(41)40(30-16-10-26(2)11-17-30)36(28-12-20-32(45-3)21-13-28)39(35)25-27-8-6-5-7-9-27/h5-24,36,38H,4,25H2,1-3H3/t36-/m1/s1. The van der Waals surface area contributed by atoms with Crippen molar-refractivity contribution in [2.45, 2.75) is 36.3 Å². The lowest BCUT2D eigenvalue weighted by atomic mass is 9.99. The number of fused-ring (bicyclic) bond motifs is 1. The van der Waals surface area contributed by atoms with Gasteiger partial charge in [0, 0.05) is 22.8 Å². The van der Waals surface area contributed by atoms with E-state index in [9.17, 15) is 13.2 Å². The van der Waals surface area contributed by atoms with Crippen molar-refractivity contribution in [1.82, 2.24) is 0 Å². The second kappa shape index (κ2) is 13.3. The van der Waals surface area contributed by atoms with Gasteiger partial charge in [0.1, 0.15) is 11.9 Å². The Morgan fingerprint density at radius 3 is 2.20 bits per heavy atom. The van der Waals surface area contributed by atoms with Gasteiger partial charge in [-0.15, -0.1) is 11.8 Å². The van der Waals surface area contributed by atoms with Crippen molar-refractivity contribution in [3.63, 3.8) is 0 Å². The minimum Gasteiger partial charge on any atom is -0.494 e. The zero-order valence-corrected chi connectivity index (χ0v) is 27.5. The molecule has 1 amide bonds. The molecule has 7 nitrogen and oxygen atoms in total. The number of sulfonamides is 1. The van der Waals surface area contributed by atoms with Gasteiger partial charge in [-0.05, 0) is 98.0 Å². The van der Waals surface area contributed by atoms with Gasteiger partial charge in [0.15, 0.2) is 0 Å². The van der Waals surface area contributed by atoms with E-state index in [0.29, 0.717) is 35.8 Å². The zero-order valence-electron chi connectivity index (χ0n) is 25.9. The van der Waals surface area contributed by atoms with E-state index < -0.39 is 16.2 Å². The van der Waals surface area contributed by atoms with Gasteiger partial charge in [-0.2, -0.15) is 0 Å². The van der Waals surface area contributed by atoms with Crippen molar-refractivity contribution in [2.24, 2.45) is 0 Å². The number of rotatable bonds is 10. The summed E-state index contributed by atoms with van der Waals surface area (Å²) in [4.78, 5) is 19.7. The van der Waals surface area contributed by atoms with E-state index in [1.54, 1.807) is 53.1 Å².